The van der Waals surface area contributed by atoms with Crippen molar-refractivity contribution in [3.8, 4) is 0 Å². The first kappa shape index (κ1) is 21.9. The molecule has 4 aliphatic rings. The van der Waals surface area contributed by atoms with Crippen molar-refractivity contribution in [2.45, 2.75) is 76.5 Å². The first-order chi connectivity index (χ1) is 16.1. The minimum absolute atomic E-state index is 0.0596. The van der Waals surface area contributed by atoms with Gasteiger partial charge in [-0.05, 0) is 76.6 Å². The number of alkyl halides is 3. The molecule has 8 heteroatoms. The summed E-state index contributed by atoms with van der Waals surface area (Å²) in [7, 11) is 0. The van der Waals surface area contributed by atoms with Gasteiger partial charge in [-0.1, -0.05) is 0 Å². The molecule has 0 unspecified atom stereocenters. The van der Waals surface area contributed by atoms with Gasteiger partial charge in [-0.2, -0.15) is 13.2 Å². The van der Waals surface area contributed by atoms with Crippen molar-refractivity contribution in [3.63, 3.8) is 0 Å². The van der Waals surface area contributed by atoms with Crippen molar-refractivity contribution in [1.82, 2.24) is 19.9 Å². The third-order valence-corrected chi connectivity index (χ3v) is 8.21. The monoisotopic (exact) mass is 468 g/mol. The Kier molecular flexibility index (Phi) is 4.63. The van der Waals surface area contributed by atoms with Gasteiger partial charge in [0.15, 0.2) is 0 Å². The molecular weight excluding hydrogens is 441 g/mol. The number of hydrogen-bond donors (Lipinski definition) is 0. The molecule has 4 heterocycles. The molecule has 0 spiro atoms. The largest absolute Gasteiger partial charge is 0.394 e. The van der Waals surface area contributed by atoms with E-state index in [0.717, 1.165) is 46.7 Å². The van der Waals surface area contributed by atoms with Gasteiger partial charge < -0.3 is 4.74 Å². The van der Waals surface area contributed by atoms with Gasteiger partial charge in [0.25, 0.3) is 0 Å². The van der Waals surface area contributed by atoms with Crippen LogP contribution in [0.3, 0.4) is 0 Å². The molecule has 3 aliphatic carbocycles. The SMILES string of the molecule is Cc1cc([C@@H]2C[C@H](c3cc4nc(C)c(C)nc4c([C@]45C[C@@](C(F)(F)F)(C4)C5)n3)CCO2)ccn1. The molecule has 0 amide bonds. The van der Waals surface area contributed by atoms with Crippen LogP contribution in [0.1, 0.15) is 78.2 Å². The lowest BCUT2D eigenvalue weighted by Gasteiger charge is -2.70. The maximum atomic E-state index is 13.6. The van der Waals surface area contributed by atoms with E-state index < -0.39 is 17.0 Å². The van der Waals surface area contributed by atoms with E-state index in [1.807, 2.05) is 39.0 Å². The van der Waals surface area contributed by atoms with Crippen molar-refractivity contribution in [2.24, 2.45) is 5.41 Å². The fourth-order valence-electron chi connectivity index (χ4n) is 6.23. The quantitative estimate of drug-likeness (QED) is 0.474. The molecule has 0 radical (unpaired) electrons. The van der Waals surface area contributed by atoms with Crippen LogP contribution in [0.5, 0.6) is 0 Å². The molecular formula is C26H27F3N4O. The number of ether oxygens (including phenoxy) is 1. The van der Waals surface area contributed by atoms with Crippen molar-refractivity contribution in [1.29, 1.82) is 0 Å². The summed E-state index contributed by atoms with van der Waals surface area (Å²) < 4.78 is 46.8. The molecule has 178 valence electrons. The van der Waals surface area contributed by atoms with Gasteiger partial charge in [0.2, 0.25) is 0 Å². The summed E-state index contributed by atoms with van der Waals surface area (Å²) in [6, 6.07) is 6.02. The molecule has 3 aromatic heterocycles. The minimum Gasteiger partial charge on any atom is -0.373 e. The minimum atomic E-state index is -4.16. The van der Waals surface area contributed by atoms with E-state index in [4.69, 9.17) is 19.7 Å². The lowest BCUT2D eigenvalue weighted by molar-refractivity contribution is -0.337. The van der Waals surface area contributed by atoms with E-state index in [1.54, 1.807) is 6.20 Å². The van der Waals surface area contributed by atoms with Crippen LogP contribution in [0, 0.1) is 26.2 Å². The van der Waals surface area contributed by atoms with Crippen molar-refractivity contribution in [3.05, 3.63) is 58.4 Å². The predicted molar refractivity (Wildman–Crippen MR) is 120 cm³/mol. The summed E-state index contributed by atoms with van der Waals surface area (Å²) in [5, 5.41) is 0. The van der Waals surface area contributed by atoms with E-state index in [1.165, 1.54) is 0 Å². The maximum absolute atomic E-state index is 13.6. The number of halogens is 3. The van der Waals surface area contributed by atoms with Crippen LogP contribution in [-0.4, -0.2) is 32.7 Å². The van der Waals surface area contributed by atoms with Gasteiger partial charge in [-0.15, -0.1) is 0 Å². The third kappa shape index (κ3) is 3.17. The fraction of sp³-hybridized carbons (Fsp3) is 0.538. The van der Waals surface area contributed by atoms with Crippen LogP contribution in [0.4, 0.5) is 13.2 Å². The molecule has 0 N–H and O–H groups in total. The molecule has 5 nitrogen and oxygen atoms in total. The Morgan fingerprint density at radius 3 is 2.44 bits per heavy atom. The van der Waals surface area contributed by atoms with Gasteiger partial charge in [-0.3, -0.25) is 9.97 Å². The Hall–Kier alpha value is -2.61. The van der Waals surface area contributed by atoms with Gasteiger partial charge in [0.05, 0.1) is 34.1 Å². The number of aromatic nitrogens is 4. The second kappa shape index (κ2) is 7.20. The smallest absolute Gasteiger partial charge is 0.373 e. The standard InChI is InChI=1S/C26H27F3N4O/c1-14-8-18(4-6-30-14)21-9-17(5-7-34-21)19-10-20-22(32-16(3)15(2)31-20)23(33-19)24-11-25(12-24,13-24)26(27,28)29/h4,6,8,10,17,21H,5,7,9,11-13H2,1-3H3/t17-,21+,24-,25-/m1/s1. The first-order valence-corrected chi connectivity index (χ1v) is 11.9. The second-order valence-electron chi connectivity index (χ2n) is 10.6. The van der Waals surface area contributed by atoms with E-state index in [2.05, 4.69) is 4.98 Å². The highest BCUT2D eigenvalue weighted by Crippen LogP contribution is 2.78. The van der Waals surface area contributed by atoms with Gasteiger partial charge in [0, 0.05) is 35.5 Å². The number of aryl methyl sites for hydroxylation is 3. The van der Waals surface area contributed by atoms with Crippen molar-refractivity contribution in [2.75, 3.05) is 6.61 Å². The predicted octanol–water partition coefficient (Wildman–Crippen LogP) is 5.96. The molecule has 2 atom stereocenters. The van der Waals surface area contributed by atoms with E-state index in [-0.39, 0.29) is 31.3 Å². The van der Waals surface area contributed by atoms with Gasteiger partial charge in [0.1, 0.15) is 5.52 Å². The summed E-state index contributed by atoms with van der Waals surface area (Å²) in [5.41, 5.74) is 4.59. The average molecular weight is 469 g/mol. The summed E-state index contributed by atoms with van der Waals surface area (Å²) in [5.74, 6) is 0.141. The Morgan fingerprint density at radius 2 is 1.74 bits per heavy atom. The molecule has 3 aromatic rings. The number of nitrogens with zero attached hydrogens (tertiary/aromatic N) is 4. The zero-order chi connectivity index (χ0) is 23.9. The Bertz CT molecular complexity index is 1290. The molecule has 0 aromatic carbocycles. The summed E-state index contributed by atoms with van der Waals surface area (Å²) in [6.45, 7) is 6.37. The number of hydrogen-bond acceptors (Lipinski definition) is 5. The zero-order valence-corrected chi connectivity index (χ0v) is 19.5. The molecule has 34 heavy (non-hydrogen) atoms. The molecule has 1 saturated heterocycles. The van der Waals surface area contributed by atoms with Crippen LogP contribution >= 0.6 is 0 Å². The lowest BCUT2D eigenvalue weighted by atomic mass is 9.34. The van der Waals surface area contributed by atoms with Crippen molar-refractivity contribution < 1.29 is 17.9 Å². The highest BCUT2D eigenvalue weighted by molar-refractivity contribution is 5.79. The Balaban J connectivity index is 1.39. The number of pyridine rings is 2. The number of fused-ring (bicyclic) bond motifs is 1. The van der Waals surface area contributed by atoms with Gasteiger partial charge >= 0.3 is 6.18 Å². The van der Waals surface area contributed by atoms with Crippen LogP contribution in [0.25, 0.3) is 11.0 Å². The molecule has 1 aliphatic heterocycles. The second-order valence-corrected chi connectivity index (χ2v) is 10.6. The Morgan fingerprint density at radius 1 is 1.00 bits per heavy atom. The average Bonchev–Trinajstić information content (AvgIpc) is 2.72. The number of rotatable bonds is 3. The van der Waals surface area contributed by atoms with Crippen molar-refractivity contribution >= 4 is 11.0 Å². The van der Waals surface area contributed by atoms with E-state index in [9.17, 15) is 13.2 Å². The summed E-state index contributed by atoms with van der Waals surface area (Å²) >= 11 is 0. The maximum Gasteiger partial charge on any atom is 0.394 e. The lowest BCUT2D eigenvalue weighted by Crippen LogP contribution is -2.70. The zero-order valence-electron chi connectivity index (χ0n) is 19.5. The van der Waals surface area contributed by atoms with Crippen LogP contribution in [-0.2, 0) is 10.2 Å². The highest BCUT2D eigenvalue weighted by Gasteiger charge is 2.79. The molecule has 7 rings (SSSR count). The van der Waals surface area contributed by atoms with Crippen LogP contribution in [0.2, 0.25) is 0 Å². The first-order valence-electron chi connectivity index (χ1n) is 11.9. The van der Waals surface area contributed by atoms with Gasteiger partial charge in [-0.25, -0.2) is 9.97 Å². The highest BCUT2D eigenvalue weighted by atomic mass is 19.4. The van der Waals surface area contributed by atoms with E-state index >= 15 is 0 Å². The fourth-order valence-corrected chi connectivity index (χ4v) is 6.23. The van der Waals surface area contributed by atoms with Crippen LogP contribution < -0.4 is 0 Å². The van der Waals surface area contributed by atoms with E-state index in [0.29, 0.717) is 17.8 Å². The Labute approximate surface area is 196 Å². The topological polar surface area (TPSA) is 60.8 Å². The van der Waals surface area contributed by atoms with Crippen LogP contribution in [0.15, 0.2) is 24.4 Å². The normalized spacial score (nSPS) is 30.6. The molecule has 3 saturated carbocycles. The molecule has 4 fully saturated rings. The summed E-state index contributed by atoms with van der Waals surface area (Å²) in [6.07, 6.45) is -0.518. The summed E-state index contributed by atoms with van der Waals surface area (Å²) in [4.78, 5) is 18.9. The molecule has 2 bridgehead atoms. The third-order valence-electron chi connectivity index (χ3n) is 8.21.